The van der Waals surface area contributed by atoms with E-state index >= 15 is 0 Å². The average molecular weight is 338 g/mol. The number of carboxylic acids is 1. The molecule has 0 spiro atoms. The van der Waals surface area contributed by atoms with Gasteiger partial charge in [0.15, 0.2) is 0 Å². The Morgan fingerprint density at radius 3 is 2.57 bits per heavy atom. The lowest BCUT2D eigenvalue weighted by atomic mass is 9.97. The summed E-state index contributed by atoms with van der Waals surface area (Å²) in [4.78, 5) is 23.5. The van der Waals surface area contributed by atoms with Crippen LogP contribution < -0.4 is 5.32 Å². The number of allylic oxidation sites excluding steroid dienone is 2. The van der Waals surface area contributed by atoms with Gasteiger partial charge in [-0.05, 0) is 30.3 Å². The van der Waals surface area contributed by atoms with E-state index in [-0.39, 0.29) is 6.42 Å². The second-order valence-electron chi connectivity index (χ2n) is 5.20. The smallest absolute Gasteiger partial charge is 0.326 e. The van der Waals surface area contributed by atoms with Crippen LogP contribution in [0.15, 0.2) is 48.3 Å². The summed E-state index contributed by atoms with van der Waals surface area (Å²) >= 11 is 5.75. The first-order valence-electron chi connectivity index (χ1n) is 6.85. The number of benzene rings is 1. The van der Waals surface area contributed by atoms with Crippen molar-refractivity contribution in [2.45, 2.75) is 25.2 Å². The summed E-state index contributed by atoms with van der Waals surface area (Å²) in [5.74, 6) is -3.35. The summed E-state index contributed by atoms with van der Waals surface area (Å²) < 4.78 is 5.05. The van der Waals surface area contributed by atoms with Crippen LogP contribution in [0.1, 0.15) is 23.7 Å². The first-order chi connectivity index (χ1) is 10.8. The molecule has 1 aromatic carbocycles. The van der Waals surface area contributed by atoms with Crippen molar-refractivity contribution < 1.29 is 24.5 Å². The van der Waals surface area contributed by atoms with Gasteiger partial charge in [-0.2, -0.15) is 0 Å². The highest BCUT2D eigenvalue weighted by molar-refractivity contribution is 6.30. The van der Waals surface area contributed by atoms with Gasteiger partial charge in [0.1, 0.15) is 6.04 Å². The molecule has 3 N–H and O–H groups in total. The van der Waals surface area contributed by atoms with E-state index in [9.17, 15) is 19.8 Å². The largest absolute Gasteiger partial charge is 0.480 e. The highest BCUT2D eigenvalue weighted by Gasteiger charge is 2.33. The van der Waals surface area contributed by atoms with E-state index in [4.69, 9.17) is 16.3 Å². The van der Waals surface area contributed by atoms with Gasteiger partial charge in [-0.25, -0.2) is 4.79 Å². The first kappa shape index (κ1) is 17.1. The van der Waals surface area contributed by atoms with E-state index in [2.05, 4.69) is 5.32 Å². The molecule has 2 atom stereocenters. The van der Waals surface area contributed by atoms with Gasteiger partial charge in [0.25, 0.3) is 5.91 Å². The van der Waals surface area contributed by atoms with Crippen LogP contribution in [-0.4, -0.2) is 33.9 Å². The van der Waals surface area contributed by atoms with Crippen molar-refractivity contribution in [3.05, 3.63) is 58.8 Å². The van der Waals surface area contributed by atoms with Gasteiger partial charge in [-0.3, -0.25) is 4.79 Å². The summed E-state index contributed by atoms with van der Waals surface area (Å²) in [7, 11) is 0. The molecule has 1 amide bonds. The molecule has 1 heterocycles. The highest BCUT2D eigenvalue weighted by atomic mass is 35.5. The zero-order chi connectivity index (χ0) is 17.0. The molecule has 0 saturated carbocycles. The second kappa shape index (κ2) is 6.85. The fourth-order valence-corrected chi connectivity index (χ4v) is 2.20. The molecule has 2 unspecified atom stereocenters. The Bertz CT molecular complexity index is 664. The Hall–Kier alpha value is -2.31. The lowest BCUT2D eigenvalue weighted by Crippen LogP contribution is -2.43. The van der Waals surface area contributed by atoms with Crippen molar-refractivity contribution in [3.8, 4) is 0 Å². The number of ether oxygens (including phenoxy) is 1. The topological polar surface area (TPSA) is 95.9 Å². The molecule has 0 bridgehead atoms. The summed E-state index contributed by atoms with van der Waals surface area (Å²) in [6, 6.07) is 4.88. The molecular weight excluding hydrogens is 322 g/mol. The normalized spacial score (nSPS) is 21.1. The molecule has 23 heavy (non-hydrogen) atoms. The molecule has 0 aromatic heterocycles. The third-order valence-corrected chi connectivity index (χ3v) is 3.66. The van der Waals surface area contributed by atoms with Crippen LogP contribution in [0, 0.1) is 0 Å². The number of halogens is 1. The maximum Gasteiger partial charge on any atom is 0.326 e. The summed E-state index contributed by atoms with van der Waals surface area (Å²) in [5, 5.41) is 22.3. The third-order valence-electron chi connectivity index (χ3n) is 3.40. The number of hydrogen-bond acceptors (Lipinski definition) is 4. The van der Waals surface area contributed by atoms with E-state index in [1.807, 2.05) is 0 Å². The number of nitrogens with one attached hydrogen (secondary N) is 1. The predicted octanol–water partition coefficient (Wildman–Crippen LogP) is 2.09. The first-order valence-corrected chi connectivity index (χ1v) is 7.23. The Labute approximate surface area is 138 Å². The minimum absolute atomic E-state index is 0.0913. The van der Waals surface area contributed by atoms with Crippen molar-refractivity contribution in [3.63, 3.8) is 0 Å². The molecule has 122 valence electrons. The number of hydrogen-bond donors (Lipinski definition) is 3. The zero-order valence-electron chi connectivity index (χ0n) is 12.3. The number of carboxylic acid groups (broad SMARTS) is 1. The van der Waals surface area contributed by atoms with Crippen LogP contribution in [0.25, 0.3) is 0 Å². The lowest BCUT2D eigenvalue weighted by Gasteiger charge is -2.29. The molecule has 0 radical (unpaired) electrons. The SMILES string of the molecule is CC1(O)OC=CC=C1CC(NC(=O)c1ccc(Cl)cc1)C(=O)O. The maximum absolute atomic E-state index is 12.1. The highest BCUT2D eigenvalue weighted by Crippen LogP contribution is 2.26. The quantitative estimate of drug-likeness (QED) is 0.764. The number of amides is 1. The van der Waals surface area contributed by atoms with Gasteiger partial charge in [-0.15, -0.1) is 0 Å². The number of rotatable bonds is 5. The van der Waals surface area contributed by atoms with Crippen LogP contribution >= 0.6 is 11.6 Å². The van der Waals surface area contributed by atoms with E-state index in [1.165, 1.54) is 25.3 Å². The van der Waals surface area contributed by atoms with Crippen LogP contribution in [-0.2, 0) is 9.53 Å². The number of carbonyl (C=O) groups is 2. The molecule has 1 aliphatic rings. The zero-order valence-corrected chi connectivity index (χ0v) is 13.1. The van der Waals surface area contributed by atoms with Gasteiger partial charge >= 0.3 is 5.97 Å². The van der Waals surface area contributed by atoms with Gasteiger partial charge in [0.2, 0.25) is 5.79 Å². The van der Waals surface area contributed by atoms with Gasteiger partial charge in [0.05, 0.1) is 6.26 Å². The standard InChI is InChI=1S/C16H16ClNO5/c1-16(22)11(3-2-8-23-16)9-13(15(20)21)18-14(19)10-4-6-12(17)7-5-10/h2-8,13,22H,9H2,1H3,(H,18,19)(H,20,21). The molecule has 0 aliphatic carbocycles. The molecule has 0 saturated heterocycles. The minimum Gasteiger partial charge on any atom is -0.480 e. The van der Waals surface area contributed by atoms with Crippen molar-refractivity contribution in [1.29, 1.82) is 0 Å². The van der Waals surface area contributed by atoms with Gasteiger partial charge in [-0.1, -0.05) is 17.7 Å². The maximum atomic E-state index is 12.1. The van der Waals surface area contributed by atoms with Crippen molar-refractivity contribution in [2.75, 3.05) is 0 Å². The van der Waals surface area contributed by atoms with Crippen LogP contribution in [0.3, 0.4) is 0 Å². The van der Waals surface area contributed by atoms with E-state index in [0.29, 0.717) is 16.2 Å². The number of aliphatic hydroxyl groups is 1. The van der Waals surface area contributed by atoms with Gasteiger partial charge in [0, 0.05) is 29.5 Å². The van der Waals surface area contributed by atoms with Crippen molar-refractivity contribution in [1.82, 2.24) is 5.32 Å². The van der Waals surface area contributed by atoms with Crippen molar-refractivity contribution >= 4 is 23.5 Å². The lowest BCUT2D eigenvalue weighted by molar-refractivity contribution is -0.140. The number of aliphatic carboxylic acids is 1. The van der Waals surface area contributed by atoms with E-state index in [1.54, 1.807) is 24.3 Å². The summed E-state index contributed by atoms with van der Waals surface area (Å²) in [5.41, 5.74) is 0.644. The Morgan fingerprint density at radius 2 is 2.00 bits per heavy atom. The summed E-state index contributed by atoms with van der Waals surface area (Å²) in [6.07, 6.45) is 4.33. The third kappa shape index (κ3) is 4.34. The molecule has 0 fully saturated rings. The summed E-state index contributed by atoms with van der Waals surface area (Å²) in [6.45, 7) is 1.41. The van der Waals surface area contributed by atoms with Crippen LogP contribution in [0.4, 0.5) is 0 Å². The van der Waals surface area contributed by atoms with Crippen molar-refractivity contribution in [2.24, 2.45) is 0 Å². The molecular formula is C16H16ClNO5. The van der Waals surface area contributed by atoms with E-state index in [0.717, 1.165) is 0 Å². The van der Waals surface area contributed by atoms with E-state index < -0.39 is 23.7 Å². The predicted molar refractivity (Wildman–Crippen MR) is 83.9 cm³/mol. The molecule has 2 rings (SSSR count). The Morgan fingerprint density at radius 1 is 1.35 bits per heavy atom. The minimum atomic E-state index is -1.60. The molecule has 6 nitrogen and oxygen atoms in total. The Balaban J connectivity index is 2.11. The molecule has 1 aromatic rings. The fourth-order valence-electron chi connectivity index (χ4n) is 2.08. The second-order valence-corrected chi connectivity index (χ2v) is 5.63. The van der Waals surface area contributed by atoms with Crippen LogP contribution in [0.5, 0.6) is 0 Å². The van der Waals surface area contributed by atoms with Crippen LogP contribution in [0.2, 0.25) is 5.02 Å². The molecule has 7 heteroatoms. The average Bonchev–Trinajstić information content (AvgIpc) is 2.48. The molecule has 1 aliphatic heterocycles. The van der Waals surface area contributed by atoms with Gasteiger partial charge < -0.3 is 20.3 Å². The monoisotopic (exact) mass is 337 g/mol. The number of carbonyl (C=O) groups excluding carboxylic acids is 1. The fraction of sp³-hybridized carbons (Fsp3) is 0.250. The Kier molecular flexibility index (Phi) is 5.08.